The Morgan fingerprint density at radius 2 is 1.76 bits per heavy atom. The molecule has 0 radical (unpaired) electrons. The summed E-state index contributed by atoms with van der Waals surface area (Å²) in [5.41, 5.74) is 1.86. The Kier molecular flexibility index (Phi) is 7.25. The largest absolute Gasteiger partial charge is 0.492 e. The lowest BCUT2D eigenvalue weighted by Crippen LogP contribution is -2.30. The van der Waals surface area contributed by atoms with Crippen LogP contribution in [0.5, 0.6) is 5.75 Å². The Balaban J connectivity index is 2.29. The van der Waals surface area contributed by atoms with Crippen LogP contribution in [0.1, 0.15) is 17.3 Å². The summed E-state index contributed by atoms with van der Waals surface area (Å²) in [6.07, 6.45) is 0. The number of anilines is 2. The van der Waals surface area contributed by atoms with Gasteiger partial charge in [0.15, 0.2) is 0 Å². The molecule has 0 heterocycles. The minimum Gasteiger partial charge on any atom is -0.492 e. The molecule has 6 heteroatoms. The summed E-state index contributed by atoms with van der Waals surface area (Å²) in [6, 6.07) is 14.4. The van der Waals surface area contributed by atoms with Crippen molar-refractivity contribution in [3.8, 4) is 5.75 Å². The molecule has 0 bridgehead atoms. The van der Waals surface area contributed by atoms with Crippen LogP contribution in [0, 0.1) is 0 Å². The van der Waals surface area contributed by atoms with Crippen molar-refractivity contribution in [1.82, 2.24) is 0 Å². The molecule has 0 spiro atoms. The van der Waals surface area contributed by atoms with Crippen molar-refractivity contribution in [2.24, 2.45) is 0 Å². The molecule has 2 aromatic carbocycles. The van der Waals surface area contributed by atoms with Crippen molar-refractivity contribution >= 4 is 17.3 Å². The number of hydrogen-bond donors (Lipinski definition) is 3. The van der Waals surface area contributed by atoms with Crippen molar-refractivity contribution in [3.05, 3.63) is 54.1 Å². The van der Waals surface area contributed by atoms with Crippen LogP contribution in [0.4, 0.5) is 11.4 Å². The minimum atomic E-state index is -0.233. The predicted molar refractivity (Wildman–Crippen MR) is 98.4 cm³/mol. The van der Waals surface area contributed by atoms with Gasteiger partial charge in [-0.25, -0.2) is 0 Å². The Morgan fingerprint density at radius 3 is 2.36 bits per heavy atom. The SMILES string of the molecule is CCOc1ccc(C(=O)Nc2ccccc2)cc1N(CCO)CCO. The third kappa shape index (κ3) is 5.20. The molecule has 0 saturated carbocycles. The van der Waals surface area contributed by atoms with Gasteiger partial charge in [0.1, 0.15) is 5.75 Å². The Hall–Kier alpha value is -2.57. The Morgan fingerprint density at radius 1 is 1.08 bits per heavy atom. The van der Waals surface area contributed by atoms with Crippen molar-refractivity contribution in [1.29, 1.82) is 0 Å². The van der Waals surface area contributed by atoms with E-state index in [2.05, 4.69) is 5.32 Å². The summed E-state index contributed by atoms with van der Waals surface area (Å²) >= 11 is 0. The van der Waals surface area contributed by atoms with Gasteiger partial charge in [-0.1, -0.05) is 18.2 Å². The second-order valence-corrected chi connectivity index (χ2v) is 5.37. The lowest BCUT2D eigenvalue weighted by molar-refractivity contribution is 0.102. The second-order valence-electron chi connectivity index (χ2n) is 5.37. The Bertz CT molecular complexity index is 670. The molecular formula is C19H24N2O4. The number of aliphatic hydroxyl groups excluding tert-OH is 2. The summed E-state index contributed by atoms with van der Waals surface area (Å²) < 4.78 is 5.63. The molecule has 0 aliphatic rings. The van der Waals surface area contributed by atoms with E-state index in [-0.39, 0.29) is 19.1 Å². The minimum absolute atomic E-state index is 0.0635. The Labute approximate surface area is 147 Å². The zero-order valence-electron chi connectivity index (χ0n) is 14.3. The lowest BCUT2D eigenvalue weighted by atomic mass is 10.1. The van der Waals surface area contributed by atoms with Gasteiger partial charge in [-0.3, -0.25) is 4.79 Å². The van der Waals surface area contributed by atoms with Gasteiger partial charge in [0.05, 0.1) is 25.5 Å². The standard InChI is InChI=1S/C19H24N2O4/c1-2-25-18-9-8-15(14-17(18)21(10-12-22)11-13-23)19(24)20-16-6-4-3-5-7-16/h3-9,14,22-23H,2,10-13H2,1H3,(H,20,24). The van der Waals surface area contributed by atoms with E-state index in [9.17, 15) is 15.0 Å². The monoisotopic (exact) mass is 344 g/mol. The summed E-state index contributed by atoms with van der Waals surface area (Å²) in [5.74, 6) is 0.379. The first kappa shape index (κ1) is 18.8. The molecule has 0 aliphatic heterocycles. The molecule has 0 aliphatic carbocycles. The first-order chi connectivity index (χ1) is 12.2. The highest BCUT2D eigenvalue weighted by Gasteiger charge is 2.16. The van der Waals surface area contributed by atoms with E-state index in [0.29, 0.717) is 42.4 Å². The van der Waals surface area contributed by atoms with Gasteiger partial charge >= 0.3 is 0 Å². The molecule has 0 fully saturated rings. The van der Waals surface area contributed by atoms with Crippen LogP contribution < -0.4 is 15.0 Å². The number of hydrogen-bond acceptors (Lipinski definition) is 5. The number of ether oxygens (including phenoxy) is 1. The molecule has 2 aromatic rings. The van der Waals surface area contributed by atoms with Crippen LogP contribution in [0.15, 0.2) is 48.5 Å². The number of benzene rings is 2. The van der Waals surface area contributed by atoms with E-state index in [0.717, 1.165) is 0 Å². The smallest absolute Gasteiger partial charge is 0.255 e. The number of amides is 1. The van der Waals surface area contributed by atoms with Crippen molar-refractivity contribution < 1.29 is 19.7 Å². The van der Waals surface area contributed by atoms with Crippen LogP contribution in [0.2, 0.25) is 0 Å². The van der Waals surface area contributed by atoms with Gasteiger partial charge in [-0.15, -0.1) is 0 Å². The quantitative estimate of drug-likeness (QED) is 0.649. The van der Waals surface area contributed by atoms with E-state index in [1.807, 2.05) is 37.3 Å². The maximum atomic E-state index is 12.5. The molecule has 0 atom stereocenters. The first-order valence-electron chi connectivity index (χ1n) is 8.29. The van der Waals surface area contributed by atoms with Gasteiger partial charge in [0.25, 0.3) is 5.91 Å². The number of nitrogens with one attached hydrogen (secondary N) is 1. The third-order valence-electron chi connectivity index (χ3n) is 3.63. The molecule has 0 saturated heterocycles. The summed E-state index contributed by atoms with van der Waals surface area (Å²) in [5, 5.41) is 21.4. The fourth-order valence-corrected chi connectivity index (χ4v) is 2.50. The van der Waals surface area contributed by atoms with E-state index < -0.39 is 0 Å². The second kappa shape index (κ2) is 9.66. The van der Waals surface area contributed by atoms with Gasteiger partial charge in [0.2, 0.25) is 0 Å². The van der Waals surface area contributed by atoms with Gasteiger partial charge in [0, 0.05) is 24.3 Å². The average molecular weight is 344 g/mol. The molecule has 0 unspecified atom stereocenters. The van der Waals surface area contributed by atoms with E-state index in [4.69, 9.17) is 4.74 Å². The highest BCUT2D eigenvalue weighted by Crippen LogP contribution is 2.30. The van der Waals surface area contributed by atoms with Gasteiger partial charge in [-0.2, -0.15) is 0 Å². The fourth-order valence-electron chi connectivity index (χ4n) is 2.50. The number of aliphatic hydroxyl groups is 2. The van der Waals surface area contributed by atoms with Gasteiger partial charge < -0.3 is 25.2 Å². The summed E-state index contributed by atoms with van der Waals surface area (Å²) in [4.78, 5) is 14.3. The molecule has 1 amide bonds. The number of rotatable bonds is 9. The molecule has 0 aromatic heterocycles. The topological polar surface area (TPSA) is 82.0 Å². The highest BCUT2D eigenvalue weighted by molar-refractivity contribution is 6.05. The van der Waals surface area contributed by atoms with Crippen LogP contribution in [0.25, 0.3) is 0 Å². The third-order valence-corrected chi connectivity index (χ3v) is 3.63. The molecule has 134 valence electrons. The molecule has 2 rings (SSSR count). The maximum Gasteiger partial charge on any atom is 0.255 e. The van der Waals surface area contributed by atoms with E-state index in [1.165, 1.54) is 0 Å². The number of nitrogens with zero attached hydrogens (tertiary/aromatic N) is 1. The first-order valence-corrected chi connectivity index (χ1v) is 8.29. The van der Waals surface area contributed by atoms with Crippen LogP contribution in [-0.4, -0.2) is 49.0 Å². The predicted octanol–water partition coefficient (Wildman–Crippen LogP) is 2.13. The van der Waals surface area contributed by atoms with E-state index in [1.54, 1.807) is 23.1 Å². The van der Waals surface area contributed by atoms with Gasteiger partial charge in [-0.05, 0) is 37.3 Å². The molecule has 6 nitrogen and oxygen atoms in total. The van der Waals surface area contributed by atoms with Crippen LogP contribution in [0.3, 0.4) is 0 Å². The molecule has 25 heavy (non-hydrogen) atoms. The number of para-hydroxylation sites is 1. The summed E-state index contributed by atoms with van der Waals surface area (Å²) in [6.45, 7) is 2.91. The lowest BCUT2D eigenvalue weighted by Gasteiger charge is -2.25. The average Bonchev–Trinajstić information content (AvgIpc) is 2.63. The normalized spacial score (nSPS) is 10.4. The van der Waals surface area contributed by atoms with E-state index >= 15 is 0 Å². The van der Waals surface area contributed by atoms with Crippen molar-refractivity contribution in [2.75, 3.05) is 43.1 Å². The van der Waals surface area contributed by atoms with Crippen molar-refractivity contribution in [2.45, 2.75) is 6.92 Å². The number of carbonyl (C=O) groups excluding carboxylic acids is 1. The zero-order chi connectivity index (χ0) is 18.1. The van der Waals surface area contributed by atoms with Crippen molar-refractivity contribution in [3.63, 3.8) is 0 Å². The summed E-state index contributed by atoms with van der Waals surface area (Å²) in [7, 11) is 0. The number of carbonyl (C=O) groups is 1. The highest BCUT2D eigenvalue weighted by atomic mass is 16.5. The van der Waals surface area contributed by atoms with Crippen LogP contribution in [-0.2, 0) is 0 Å². The fraction of sp³-hybridized carbons (Fsp3) is 0.316. The van der Waals surface area contributed by atoms with Crippen LogP contribution >= 0.6 is 0 Å². The zero-order valence-corrected chi connectivity index (χ0v) is 14.3. The molecular weight excluding hydrogens is 320 g/mol. The molecule has 3 N–H and O–H groups in total. The maximum absolute atomic E-state index is 12.5.